The van der Waals surface area contributed by atoms with Crippen molar-refractivity contribution >= 4 is 75.3 Å². The standard InChI is InChI=1S/C12H4Br4O3/c13-5-1-8(15)12(9(16)2-5)19-10-4-6(17)3-7(14)11(10)18/h1-4H. The van der Waals surface area contributed by atoms with Crippen molar-refractivity contribution in [1.29, 1.82) is 0 Å². The average Bonchev–Trinajstić information content (AvgIpc) is 2.29. The van der Waals surface area contributed by atoms with Crippen molar-refractivity contribution in [3.63, 3.8) is 0 Å². The Kier molecular flexibility index (Phi) is 4.81. The predicted molar refractivity (Wildman–Crippen MR) is 85.3 cm³/mol. The van der Waals surface area contributed by atoms with Crippen LogP contribution in [0.15, 0.2) is 47.9 Å². The van der Waals surface area contributed by atoms with E-state index in [1.807, 2.05) is 0 Å². The van der Waals surface area contributed by atoms with Crippen LogP contribution in [0.5, 0.6) is 5.75 Å². The normalized spacial score (nSPS) is 15.2. The quantitative estimate of drug-likeness (QED) is 0.538. The molecule has 0 aromatic heterocycles. The van der Waals surface area contributed by atoms with E-state index in [9.17, 15) is 9.59 Å². The third-order valence-electron chi connectivity index (χ3n) is 2.16. The van der Waals surface area contributed by atoms with Gasteiger partial charge in [0, 0.05) is 16.6 Å². The summed E-state index contributed by atoms with van der Waals surface area (Å²) in [5.41, 5.74) is 0. The van der Waals surface area contributed by atoms with Gasteiger partial charge in [0.15, 0.2) is 17.3 Å². The number of ether oxygens (including phenoxy) is 1. The van der Waals surface area contributed by atoms with E-state index in [0.717, 1.165) is 10.5 Å². The minimum Gasteiger partial charge on any atom is -0.451 e. The Morgan fingerprint density at radius 2 is 1.47 bits per heavy atom. The van der Waals surface area contributed by atoms with Gasteiger partial charge in [0.25, 0.3) is 0 Å². The molecule has 0 bridgehead atoms. The van der Waals surface area contributed by atoms with Crippen molar-refractivity contribution < 1.29 is 14.3 Å². The maximum atomic E-state index is 11.9. The molecule has 0 saturated heterocycles. The summed E-state index contributed by atoms with van der Waals surface area (Å²) in [7, 11) is 0. The van der Waals surface area contributed by atoms with E-state index >= 15 is 0 Å². The van der Waals surface area contributed by atoms with Crippen LogP contribution < -0.4 is 4.74 Å². The van der Waals surface area contributed by atoms with Gasteiger partial charge in [0.05, 0.1) is 13.4 Å². The fraction of sp³-hybridized carbons (Fsp3) is 0. The van der Waals surface area contributed by atoms with E-state index in [1.54, 1.807) is 12.1 Å². The molecular weight excluding hydrogens is 512 g/mol. The number of carbonyl (C=O) groups is 2. The first-order valence-electron chi connectivity index (χ1n) is 4.88. The van der Waals surface area contributed by atoms with Crippen LogP contribution in [-0.4, -0.2) is 11.6 Å². The summed E-state index contributed by atoms with van der Waals surface area (Å²) < 4.78 is 7.86. The highest BCUT2D eigenvalue weighted by atomic mass is 79.9. The molecule has 98 valence electrons. The van der Waals surface area contributed by atoms with Gasteiger partial charge < -0.3 is 4.74 Å². The van der Waals surface area contributed by atoms with Gasteiger partial charge in [-0.15, -0.1) is 0 Å². The fourth-order valence-corrected chi connectivity index (χ4v) is 4.20. The number of allylic oxidation sites excluding steroid dienone is 3. The van der Waals surface area contributed by atoms with Gasteiger partial charge in [-0.25, -0.2) is 0 Å². The zero-order valence-corrected chi connectivity index (χ0v) is 15.4. The van der Waals surface area contributed by atoms with E-state index in [-0.39, 0.29) is 21.8 Å². The van der Waals surface area contributed by atoms with Crippen LogP contribution in [0, 0.1) is 0 Å². The van der Waals surface area contributed by atoms with Gasteiger partial charge in [0.2, 0.25) is 5.78 Å². The fourth-order valence-electron chi connectivity index (χ4n) is 1.36. The summed E-state index contributed by atoms with van der Waals surface area (Å²) in [6.45, 7) is 0. The van der Waals surface area contributed by atoms with E-state index in [4.69, 9.17) is 4.74 Å². The number of hydrogen-bond acceptors (Lipinski definition) is 3. The lowest BCUT2D eigenvalue weighted by Gasteiger charge is -2.14. The third-order valence-corrected chi connectivity index (χ3v) is 4.38. The maximum absolute atomic E-state index is 11.9. The Morgan fingerprint density at radius 3 is 2.05 bits per heavy atom. The maximum Gasteiger partial charge on any atom is 0.235 e. The molecular formula is C12H4Br4O3. The lowest BCUT2D eigenvalue weighted by atomic mass is 10.1. The highest BCUT2D eigenvalue weighted by Crippen LogP contribution is 2.38. The smallest absolute Gasteiger partial charge is 0.235 e. The molecule has 0 unspecified atom stereocenters. The predicted octanol–water partition coefficient (Wildman–Crippen LogP) is 4.67. The Balaban J connectivity index is 2.37. The zero-order valence-electron chi connectivity index (χ0n) is 9.05. The first-order valence-corrected chi connectivity index (χ1v) is 8.05. The zero-order chi connectivity index (χ0) is 14.2. The molecule has 3 nitrogen and oxygen atoms in total. The minimum absolute atomic E-state index is 0.0249. The SMILES string of the molecule is O=C1C=C(Br)C(=O)C(Oc2c(Br)cc(Br)cc2Br)=C1. The van der Waals surface area contributed by atoms with Gasteiger partial charge in [-0.1, -0.05) is 15.9 Å². The van der Waals surface area contributed by atoms with Crippen molar-refractivity contribution in [3.8, 4) is 5.75 Å². The second-order valence-electron chi connectivity index (χ2n) is 3.53. The molecule has 0 spiro atoms. The molecule has 2 rings (SSSR count). The number of rotatable bonds is 2. The molecule has 0 N–H and O–H groups in total. The van der Waals surface area contributed by atoms with E-state index in [2.05, 4.69) is 63.7 Å². The van der Waals surface area contributed by atoms with Crippen LogP contribution in [0.1, 0.15) is 0 Å². The lowest BCUT2D eigenvalue weighted by Crippen LogP contribution is -2.16. The monoisotopic (exact) mass is 512 g/mol. The average molecular weight is 516 g/mol. The minimum atomic E-state index is -0.374. The first kappa shape index (κ1) is 15.2. The van der Waals surface area contributed by atoms with Crippen LogP contribution in [0.2, 0.25) is 0 Å². The Labute approximate surface area is 142 Å². The molecule has 1 aliphatic carbocycles. The summed E-state index contributed by atoms with van der Waals surface area (Å²) in [5.74, 6) is -0.270. The van der Waals surface area contributed by atoms with Crippen molar-refractivity contribution in [1.82, 2.24) is 0 Å². The van der Waals surface area contributed by atoms with E-state index in [1.165, 1.54) is 6.08 Å². The van der Waals surface area contributed by atoms with Crippen LogP contribution in [0.3, 0.4) is 0 Å². The van der Waals surface area contributed by atoms with Crippen LogP contribution >= 0.6 is 63.7 Å². The topological polar surface area (TPSA) is 43.4 Å². The van der Waals surface area contributed by atoms with Gasteiger partial charge in [-0.2, -0.15) is 0 Å². The Morgan fingerprint density at radius 1 is 0.895 bits per heavy atom. The lowest BCUT2D eigenvalue weighted by molar-refractivity contribution is -0.116. The molecule has 1 aromatic rings. The van der Waals surface area contributed by atoms with Gasteiger partial charge in [-0.05, 0) is 59.9 Å². The summed E-state index contributed by atoms with van der Waals surface area (Å²) in [4.78, 5) is 23.3. The number of carbonyl (C=O) groups excluding carboxylic acids is 2. The summed E-state index contributed by atoms with van der Waals surface area (Å²) in [6, 6.07) is 3.56. The van der Waals surface area contributed by atoms with Crippen LogP contribution in [0.4, 0.5) is 0 Å². The largest absolute Gasteiger partial charge is 0.451 e. The summed E-state index contributed by atoms with van der Waals surface area (Å²) >= 11 is 13.1. The molecule has 0 heterocycles. The molecule has 0 amide bonds. The van der Waals surface area contributed by atoms with Crippen molar-refractivity contribution in [2.75, 3.05) is 0 Å². The summed E-state index contributed by atoms with van der Waals surface area (Å²) in [5, 5.41) is 0. The number of halogens is 4. The number of Topliss-reactive ketones (excluding diaryl/α,β-unsaturated/α-hetero) is 1. The molecule has 1 aromatic carbocycles. The van der Waals surface area contributed by atoms with Crippen LogP contribution in [0.25, 0.3) is 0 Å². The Bertz CT molecular complexity index is 623. The second kappa shape index (κ2) is 6.03. The molecule has 0 atom stereocenters. The molecule has 1 aliphatic rings. The highest BCUT2D eigenvalue weighted by Gasteiger charge is 2.23. The second-order valence-corrected chi connectivity index (χ2v) is 7.01. The molecule has 0 aliphatic heterocycles. The molecule has 19 heavy (non-hydrogen) atoms. The van der Waals surface area contributed by atoms with Crippen LogP contribution in [-0.2, 0) is 9.59 Å². The van der Waals surface area contributed by atoms with E-state index in [0.29, 0.717) is 14.7 Å². The number of ketones is 2. The molecule has 7 heteroatoms. The third kappa shape index (κ3) is 3.45. The van der Waals surface area contributed by atoms with Crippen molar-refractivity contribution in [2.24, 2.45) is 0 Å². The molecule has 0 fully saturated rings. The van der Waals surface area contributed by atoms with Gasteiger partial charge in [-0.3, -0.25) is 9.59 Å². The molecule has 0 saturated carbocycles. The molecule has 0 radical (unpaired) electrons. The Hall–Kier alpha value is -0.240. The van der Waals surface area contributed by atoms with Crippen molar-refractivity contribution in [2.45, 2.75) is 0 Å². The van der Waals surface area contributed by atoms with Gasteiger partial charge >= 0.3 is 0 Å². The van der Waals surface area contributed by atoms with E-state index < -0.39 is 0 Å². The highest BCUT2D eigenvalue weighted by molar-refractivity contribution is 9.12. The van der Waals surface area contributed by atoms with Crippen molar-refractivity contribution in [3.05, 3.63) is 47.9 Å². The van der Waals surface area contributed by atoms with Gasteiger partial charge in [0.1, 0.15) is 0 Å². The number of hydrogen-bond donors (Lipinski definition) is 0. The summed E-state index contributed by atoms with van der Waals surface area (Å²) in [6.07, 6.45) is 2.37. The number of benzene rings is 1. The first-order chi connectivity index (χ1) is 8.88.